The summed E-state index contributed by atoms with van der Waals surface area (Å²) in [5, 5.41) is 0. The Balaban J connectivity index is 1.93. The molecule has 0 aliphatic heterocycles. The van der Waals surface area contributed by atoms with Crippen LogP contribution in [0.15, 0.2) is 34.2 Å². The van der Waals surface area contributed by atoms with Crippen molar-refractivity contribution in [3.63, 3.8) is 0 Å². The summed E-state index contributed by atoms with van der Waals surface area (Å²) in [7, 11) is 0. The van der Waals surface area contributed by atoms with Crippen LogP contribution in [-0.4, -0.2) is 23.3 Å². The fraction of sp³-hybridized carbons (Fsp3) is 0.154. The molecule has 0 aromatic carbocycles. The molecule has 0 radical (unpaired) electrons. The van der Waals surface area contributed by atoms with Crippen LogP contribution >= 0.6 is 27.3 Å². The molecule has 0 aliphatic rings. The van der Waals surface area contributed by atoms with Crippen molar-refractivity contribution in [3.05, 3.63) is 50.4 Å². The van der Waals surface area contributed by atoms with E-state index in [1.54, 1.807) is 24.3 Å². The second-order valence-corrected chi connectivity index (χ2v) is 6.25. The van der Waals surface area contributed by atoms with Crippen molar-refractivity contribution in [2.75, 3.05) is 6.61 Å². The van der Waals surface area contributed by atoms with E-state index < -0.39 is 5.97 Å². The van der Waals surface area contributed by atoms with Crippen LogP contribution in [0.3, 0.4) is 0 Å². The van der Waals surface area contributed by atoms with Crippen LogP contribution in [0.5, 0.6) is 0 Å². The highest BCUT2D eigenvalue weighted by Gasteiger charge is 2.13. The van der Waals surface area contributed by atoms with Gasteiger partial charge in [-0.25, -0.2) is 4.79 Å². The van der Waals surface area contributed by atoms with E-state index in [2.05, 4.69) is 20.9 Å². The molecular weight excluding hydrogens is 330 g/mol. The highest BCUT2D eigenvalue weighted by Crippen LogP contribution is 2.22. The number of halogens is 1. The maximum Gasteiger partial charge on any atom is 0.340 e. The van der Waals surface area contributed by atoms with Crippen molar-refractivity contribution < 1.29 is 14.3 Å². The molecule has 2 rings (SSSR count). The van der Waals surface area contributed by atoms with Gasteiger partial charge in [0.05, 0.1) is 14.2 Å². The first-order valence-corrected chi connectivity index (χ1v) is 7.05. The molecule has 0 fully saturated rings. The molecule has 0 atom stereocenters. The monoisotopic (exact) mass is 339 g/mol. The molecule has 0 saturated carbocycles. The lowest BCUT2D eigenvalue weighted by Crippen LogP contribution is -2.13. The number of ether oxygens (including phenoxy) is 1. The summed E-state index contributed by atoms with van der Waals surface area (Å²) in [4.78, 5) is 28.0. The Bertz CT molecular complexity index is 607. The number of pyridine rings is 1. The van der Waals surface area contributed by atoms with Crippen molar-refractivity contribution in [1.82, 2.24) is 4.98 Å². The minimum atomic E-state index is -0.545. The van der Waals surface area contributed by atoms with E-state index in [4.69, 9.17) is 4.74 Å². The third-order valence-corrected chi connectivity index (χ3v) is 3.99. The van der Waals surface area contributed by atoms with E-state index in [1.165, 1.54) is 17.5 Å². The number of rotatable bonds is 4. The van der Waals surface area contributed by atoms with Gasteiger partial charge in [-0.2, -0.15) is 0 Å². The van der Waals surface area contributed by atoms with Crippen LogP contribution in [0, 0.1) is 6.92 Å². The summed E-state index contributed by atoms with van der Waals surface area (Å²) in [6, 6.07) is 6.81. The second kappa shape index (κ2) is 6.08. The average Bonchev–Trinajstić information content (AvgIpc) is 2.83. The number of hydrogen-bond donors (Lipinski definition) is 0. The Morgan fingerprint density at radius 1 is 1.32 bits per heavy atom. The van der Waals surface area contributed by atoms with Crippen LogP contribution in [-0.2, 0) is 4.74 Å². The molecule has 0 bridgehead atoms. The maximum absolute atomic E-state index is 11.7. The molecule has 2 aromatic rings. The van der Waals surface area contributed by atoms with E-state index in [0.717, 1.165) is 9.48 Å². The van der Waals surface area contributed by atoms with Crippen molar-refractivity contribution in [2.45, 2.75) is 6.92 Å². The van der Waals surface area contributed by atoms with Gasteiger partial charge in [0.15, 0.2) is 6.61 Å². The van der Waals surface area contributed by atoms with Gasteiger partial charge < -0.3 is 4.74 Å². The normalized spacial score (nSPS) is 10.2. The molecule has 0 amide bonds. The van der Waals surface area contributed by atoms with Crippen molar-refractivity contribution >= 4 is 39.0 Å². The van der Waals surface area contributed by atoms with Gasteiger partial charge in [-0.3, -0.25) is 9.78 Å². The van der Waals surface area contributed by atoms with Crippen molar-refractivity contribution in [3.8, 4) is 0 Å². The quantitative estimate of drug-likeness (QED) is 0.633. The Hall–Kier alpha value is -1.53. The van der Waals surface area contributed by atoms with Gasteiger partial charge in [0.2, 0.25) is 5.78 Å². The predicted molar refractivity (Wildman–Crippen MR) is 75.6 cm³/mol. The number of carbonyl (C=O) groups is 2. The zero-order valence-electron chi connectivity index (χ0n) is 10.1. The molecule has 0 aliphatic carbocycles. The number of ketones is 1. The molecule has 6 heteroatoms. The van der Waals surface area contributed by atoms with Gasteiger partial charge in [0, 0.05) is 11.9 Å². The summed E-state index contributed by atoms with van der Waals surface area (Å²) in [6.45, 7) is 1.56. The van der Waals surface area contributed by atoms with Crippen molar-refractivity contribution in [1.29, 1.82) is 0 Å². The highest BCUT2D eigenvalue weighted by atomic mass is 79.9. The standard InChI is InChI=1S/C13H10BrNO3S/c1-8-2-3-9(6-15-8)13(17)18-7-10(16)11-4-5-12(14)19-11/h2-6H,7H2,1H3. The summed E-state index contributed by atoms with van der Waals surface area (Å²) in [5.74, 6) is -0.763. The molecule has 2 aromatic heterocycles. The topological polar surface area (TPSA) is 56.3 Å². The zero-order chi connectivity index (χ0) is 13.8. The summed E-state index contributed by atoms with van der Waals surface area (Å²) >= 11 is 4.58. The highest BCUT2D eigenvalue weighted by molar-refractivity contribution is 9.11. The number of thiophene rings is 1. The lowest BCUT2D eigenvalue weighted by Gasteiger charge is -2.03. The summed E-state index contributed by atoms with van der Waals surface area (Å²) < 4.78 is 5.82. The third-order valence-electron chi connectivity index (χ3n) is 2.33. The number of Topliss-reactive ketones (excluding diaryl/α,β-unsaturated/α-hetero) is 1. The van der Waals surface area contributed by atoms with Crippen LogP contribution in [0.2, 0.25) is 0 Å². The zero-order valence-corrected chi connectivity index (χ0v) is 12.5. The molecule has 4 nitrogen and oxygen atoms in total. The minimum absolute atomic E-state index is 0.218. The number of esters is 1. The smallest absolute Gasteiger partial charge is 0.340 e. The third kappa shape index (κ3) is 3.71. The van der Waals surface area contributed by atoms with Gasteiger partial charge in [0.1, 0.15) is 0 Å². The molecule has 19 heavy (non-hydrogen) atoms. The predicted octanol–water partition coefficient (Wildman–Crippen LogP) is 3.25. The van der Waals surface area contributed by atoms with Gasteiger partial charge in [-0.15, -0.1) is 11.3 Å². The number of aryl methyl sites for hydroxylation is 1. The number of hydrogen-bond acceptors (Lipinski definition) is 5. The fourth-order valence-electron chi connectivity index (χ4n) is 1.34. The van der Waals surface area contributed by atoms with E-state index in [1.807, 2.05) is 6.92 Å². The Morgan fingerprint density at radius 2 is 2.11 bits per heavy atom. The molecule has 0 saturated heterocycles. The summed E-state index contributed by atoms with van der Waals surface area (Å²) in [6.07, 6.45) is 1.43. The number of nitrogens with zero attached hydrogens (tertiary/aromatic N) is 1. The average molecular weight is 340 g/mol. The van der Waals surface area contributed by atoms with E-state index in [9.17, 15) is 9.59 Å². The molecule has 0 spiro atoms. The largest absolute Gasteiger partial charge is 0.454 e. The fourth-order valence-corrected chi connectivity index (χ4v) is 2.65. The second-order valence-electron chi connectivity index (χ2n) is 3.79. The Kier molecular flexibility index (Phi) is 4.44. The van der Waals surface area contributed by atoms with Crippen LogP contribution < -0.4 is 0 Å². The van der Waals surface area contributed by atoms with E-state index in [0.29, 0.717) is 10.4 Å². The molecule has 0 unspecified atom stereocenters. The van der Waals surface area contributed by atoms with Crippen LogP contribution in [0.1, 0.15) is 25.7 Å². The van der Waals surface area contributed by atoms with Gasteiger partial charge in [-0.05, 0) is 47.1 Å². The Labute approximate surface area is 122 Å². The van der Waals surface area contributed by atoms with Crippen LogP contribution in [0.4, 0.5) is 0 Å². The molecule has 2 heterocycles. The SMILES string of the molecule is Cc1ccc(C(=O)OCC(=O)c2ccc(Br)s2)cn1. The van der Waals surface area contributed by atoms with E-state index >= 15 is 0 Å². The molecule has 98 valence electrons. The van der Waals surface area contributed by atoms with Crippen molar-refractivity contribution in [2.24, 2.45) is 0 Å². The lowest BCUT2D eigenvalue weighted by atomic mass is 10.2. The van der Waals surface area contributed by atoms with Crippen LogP contribution in [0.25, 0.3) is 0 Å². The van der Waals surface area contributed by atoms with Gasteiger partial charge in [0.25, 0.3) is 0 Å². The first-order chi connectivity index (χ1) is 9.06. The first kappa shape index (κ1) is 13.9. The van der Waals surface area contributed by atoms with Gasteiger partial charge in [-0.1, -0.05) is 0 Å². The summed E-state index contributed by atoms with van der Waals surface area (Å²) in [5.41, 5.74) is 1.15. The lowest BCUT2D eigenvalue weighted by molar-refractivity contribution is 0.0475. The molecule has 0 N–H and O–H groups in total. The number of carbonyl (C=O) groups excluding carboxylic acids is 2. The van der Waals surface area contributed by atoms with Gasteiger partial charge >= 0.3 is 5.97 Å². The number of aromatic nitrogens is 1. The Morgan fingerprint density at radius 3 is 2.68 bits per heavy atom. The molecular formula is C13H10BrNO3S. The maximum atomic E-state index is 11.7. The van der Waals surface area contributed by atoms with E-state index in [-0.39, 0.29) is 12.4 Å². The minimum Gasteiger partial charge on any atom is -0.454 e. The first-order valence-electron chi connectivity index (χ1n) is 5.44.